The Morgan fingerprint density at radius 2 is 2.18 bits per heavy atom. The van der Waals surface area contributed by atoms with E-state index in [0.29, 0.717) is 6.42 Å². The molecule has 1 N–H and O–H groups in total. The average molecular weight is 258 g/mol. The monoisotopic (exact) mass is 258 g/mol. The number of thioether (sulfide) groups is 1. The van der Waals surface area contributed by atoms with E-state index in [1.54, 1.807) is 17.8 Å². The second-order valence-corrected chi connectivity index (χ2v) is 4.63. The van der Waals surface area contributed by atoms with Gasteiger partial charge < -0.3 is 9.84 Å². The van der Waals surface area contributed by atoms with E-state index >= 15 is 0 Å². The lowest BCUT2D eigenvalue weighted by Gasteiger charge is -2.14. The van der Waals surface area contributed by atoms with Gasteiger partial charge >= 0.3 is 11.9 Å². The highest BCUT2D eigenvalue weighted by molar-refractivity contribution is 7.99. The van der Waals surface area contributed by atoms with Crippen molar-refractivity contribution >= 4 is 23.7 Å². The number of hydrogen-bond donors (Lipinski definition) is 1. The van der Waals surface area contributed by atoms with Crippen LogP contribution in [0.25, 0.3) is 0 Å². The minimum Gasteiger partial charge on any atom is -0.478 e. The van der Waals surface area contributed by atoms with Crippen LogP contribution < -0.4 is 0 Å². The SMILES string of the molecule is C=CCC(CCSCC)OC(=O)/C=C\C(=O)O. The molecule has 0 aromatic carbocycles. The number of hydrogen-bond acceptors (Lipinski definition) is 4. The van der Waals surface area contributed by atoms with Gasteiger partial charge in [-0.15, -0.1) is 6.58 Å². The van der Waals surface area contributed by atoms with Gasteiger partial charge in [-0.05, 0) is 17.9 Å². The predicted molar refractivity (Wildman–Crippen MR) is 69.1 cm³/mol. The third-order valence-electron chi connectivity index (χ3n) is 1.86. The lowest BCUT2D eigenvalue weighted by molar-refractivity contribution is -0.143. The minimum atomic E-state index is -1.16. The van der Waals surface area contributed by atoms with Crippen LogP contribution in [0.15, 0.2) is 24.8 Å². The normalized spacial score (nSPS) is 12.3. The van der Waals surface area contributed by atoms with E-state index in [1.807, 2.05) is 0 Å². The molecule has 5 heteroatoms. The summed E-state index contributed by atoms with van der Waals surface area (Å²) in [6.45, 7) is 5.66. The molecular formula is C12H18O4S. The average Bonchev–Trinajstić information content (AvgIpc) is 2.27. The largest absolute Gasteiger partial charge is 0.478 e. The molecule has 0 aromatic rings. The molecule has 0 bridgehead atoms. The predicted octanol–water partition coefficient (Wildman–Crippen LogP) is 2.26. The molecule has 0 heterocycles. The van der Waals surface area contributed by atoms with E-state index in [0.717, 1.165) is 30.1 Å². The molecule has 0 saturated heterocycles. The van der Waals surface area contributed by atoms with Gasteiger partial charge in [-0.3, -0.25) is 0 Å². The number of rotatable bonds is 9. The van der Waals surface area contributed by atoms with E-state index < -0.39 is 11.9 Å². The Hall–Kier alpha value is -1.23. The summed E-state index contributed by atoms with van der Waals surface area (Å²) in [6.07, 6.45) is 4.49. The number of carboxylic acid groups (broad SMARTS) is 1. The number of aliphatic carboxylic acids is 1. The van der Waals surface area contributed by atoms with Crippen molar-refractivity contribution in [2.75, 3.05) is 11.5 Å². The van der Waals surface area contributed by atoms with Crippen LogP contribution in [0.5, 0.6) is 0 Å². The third kappa shape index (κ3) is 9.68. The third-order valence-corrected chi connectivity index (χ3v) is 2.80. The molecular weight excluding hydrogens is 240 g/mol. The van der Waals surface area contributed by atoms with Crippen LogP contribution in [0, 0.1) is 0 Å². The number of carboxylic acids is 1. The Balaban J connectivity index is 4.09. The van der Waals surface area contributed by atoms with Gasteiger partial charge in [-0.1, -0.05) is 13.0 Å². The van der Waals surface area contributed by atoms with Crippen molar-refractivity contribution in [3.8, 4) is 0 Å². The summed E-state index contributed by atoms with van der Waals surface area (Å²) in [6, 6.07) is 0. The second kappa shape index (κ2) is 9.96. The number of carbonyl (C=O) groups is 2. The van der Waals surface area contributed by atoms with Crippen LogP contribution in [-0.4, -0.2) is 34.7 Å². The summed E-state index contributed by atoms with van der Waals surface area (Å²) in [5.74, 6) is 0.142. The van der Waals surface area contributed by atoms with Crippen LogP contribution in [0.1, 0.15) is 19.8 Å². The van der Waals surface area contributed by atoms with Crippen LogP contribution in [0.4, 0.5) is 0 Å². The highest BCUT2D eigenvalue weighted by Gasteiger charge is 2.11. The summed E-state index contributed by atoms with van der Waals surface area (Å²) in [4.78, 5) is 21.5. The highest BCUT2D eigenvalue weighted by Crippen LogP contribution is 2.11. The van der Waals surface area contributed by atoms with E-state index in [1.165, 1.54) is 0 Å². The lowest BCUT2D eigenvalue weighted by atomic mass is 10.2. The maximum atomic E-state index is 11.3. The van der Waals surface area contributed by atoms with E-state index in [4.69, 9.17) is 9.84 Å². The Morgan fingerprint density at radius 3 is 2.71 bits per heavy atom. The van der Waals surface area contributed by atoms with Crippen LogP contribution in [0.3, 0.4) is 0 Å². The summed E-state index contributed by atoms with van der Waals surface area (Å²) >= 11 is 1.77. The van der Waals surface area contributed by atoms with Crippen LogP contribution >= 0.6 is 11.8 Å². The molecule has 0 rings (SSSR count). The van der Waals surface area contributed by atoms with E-state index in [-0.39, 0.29) is 6.10 Å². The molecule has 0 aliphatic rings. The lowest BCUT2D eigenvalue weighted by Crippen LogP contribution is -2.17. The van der Waals surface area contributed by atoms with Gasteiger partial charge in [-0.2, -0.15) is 11.8 Å². The fourth-order valence-corrected chi connectivity index (χ4v) is 1.83. The van der Waals surface area contributed by atoms with Crippen LogP contribution in [-0.2, 0) is 14.3 Å². The molecule has 0 radical (unpaired) electrons. The fraction of sp³-hybridized carbons (Fsp3) is 0.500. The van der Waals surface area contributed by atoms with E-state index in [2.05, 4.69) is 13.5 Å². The molecule has 17 heavy (non-hydrogen) atoms. The molecule has 0 aromatic heterocycles. The van der Waals surface area contributed by atoms with Crippen LogP contribution in [0.2, 0.25) is 0 Å². The van der Waals surface area contributed by atoms with Crippen molar-refractivity contribution in [2.24, 2.45) is 0 Å². The topological polar surface area (TPSA) is 63.6 Å². The molecule has 0 aliphatic heterocycles. The molecule has 1 unspecified atom stereocenters. The molecule has 0 saturated carbocycles. The Kier molecular flexibility index (Phi) is 9.24. The molecule has 4 nitrogen and oxygen atoms in total. The zero-order valence-corrected chi connectivity index (χ0v) is 10.7. The molecule has 0 amide bonds. The summed E-state index contributed by atoms with van der Waals surface area (Å²) in [5, 5.41) is 8.36. The maximum Gasteiger partial charge on any atom is 0.331 e. The zero-order chi connectivity index (χ0) is 13.1. The standard InChI is InChI=1S/C12H18O4S/c1-3-5-10(8-9-17-4-2)16-12(15)7-6-11(13)14/h3,6-7,10H,1,4-5,8-9H2,2H3,(H,13,14)/b7-6-. The van der Waals surface area contributed by atoms with Gasteiger partial charge in [0.05, 0.1) is 0 Å². The summed E-state index contributed by atoms with van der Waals surface area (Å²) in [7, 11) is 0. The quantitative estimate of drug-likeness (QED) is 0.297. The highest BCUT2D eigenvalue weighted by atomic mass is 32.2. The van der Waals surface area contributed by atoms with Gasteiger partial charge in [0, 0.05) is 18.6 Å². The zero-order valence-electron chi connectivity index (χ0n) is 9.93. The molecule has 0 aliphatic carbocycles. The molecule has 1 atom stereocenters. The Bertz CT molecular complexity index is 286. The molecule has 0 fully saturated rings. The van der Waals surface area contributed by atoms with Crippen molar-refractivity contribution in [3.63, 3.8) is 0 Å². The van der Waals surface area contributed by atoms with Gasteiger partial charge in [-0.25, -0.2) is 9.59 Å². The van der Waals surface area contributed by atoms with Crippen molar-refractivity contribution in [2.45, 2.75) is 25.9 Å². The number of esters is 1. The van der Waals surface area contributed by atoms with Gasteiger partial charge in [0.25, 0.3) is 0 Å². The second-order valence-electron chi connectivity index (χ2n) is 3.24. The first-order chi connectivity index (χ1) is 8.10. The van der Waals surface area contributed by atoms with Crippen molar-refractivity contribution in [1.82, 2.24) is 0 Å². The smallest absolute Gasteiger partial charge is 0.331 e. The van der Waals surface area contributed by atoms with Gasteiger partial charge in [0.1, 0.15) is 6.10 Å². The molecule has 96 valence electrons. The van der Waals surface area contributed by atoms with E-state index in [9.17, 15) is 9.59 Å². The molecule has 0 spiro atoms. The maximum absolute atomic E-state index is 11.3. The van der Waals surface area contributed by atoms with Crippen molar-refractivity contribution in [1.29, 1.82) is 0 Å². The van der Waals surface area contributed by atoms with Crippen molar-refractivity contribution in [3.05, 3.63) is 24.8 Å². The van der Waals surface area contributed by atoms with Gasteiger partial charge in [0.15, 0.2) is 0 Å². The Morgan fingerprint density at radius 1 is 1.47 bits per heavy atom. The van der Waals surface area contributed by atoms with Crippen molar-refractivity contribution < 1.29 is 19.4 Å². The van der Waals surface area contributed by atoms with Gasteiger partial charge in [0.2, 0.25) is 0 Å². The Labute approximate surface area is 106 Å². The first-order valence-corrected chi connectivity index (χ1v) is 6.55. The first-order valence-electron chi connectivity index (χ1n) is 5.40. The summed E-state index contributed by atoms with van der Waals surface area (Å²) in [5.41, 5.74) is 0. The number of carbonyl (C=O) groups excluding carboxylic acids is 1. The minimum absolute atomic E-state index is 0.225. The fourth-order valence-electron chi connectivity index (χ4n) is 1.11. The number of ether oxygens (including phenoxy) is 1. The first kappa shape index (κ1) is 15.8. The summed E-state index contributed by atoms with van der Waals surface area (Å²) < 4.78 is 5.11.